The maximum absolute atomic E-state index is 11.3. The quantitative estimate of drug-likeness (QED) is 0.780. The van der Waals surface area contributed by atoms with E-state index < -0.39 is 11.8 Å². The van der Waals surface area contributed by atoms with Crippen molar-refractivity contribution in [2.24, 2.45) is 5.73 Å². The minimum absolute atomic E-state index is 0.660. The highest BCUT2D eigenvalue weighted by atomic mass is 79.9. The van der Waals surface area contributed by atoms with Crippen molar-refractivity contribution in [1.82, 2.24) is 0 Å². The highest BCUT2D eigenvalue weighted by molar-refractivity contribution is 9.10. The van der Waals surface area contributed by atoms with Gasteiger partial charge in [0.1, 0.15) is 0 Å². The van der Waals surface area contributed by atoms with Crippen LogP contribution in [0.3, 0.4) is 0 Å². The van der Waals surface area contributed by atoms with E-state index in [-0.39, 0.29) is 0 Å². The molecule has 4 nitrogen and oxygen atoms in total. The van der Waals surface area contributed by atoms with E-state index in [1.165, 1.54) is 11.9 Å². The van der Waals surface area contributed by atoms with E-state index >= 15 is 0 Å². The van der Waals surface area contributed by atoms with Gasteiger partial charge in [-0.2, -0.15) is 0 Å². The molecule has 0 bridgehead atoms. The van der Waals surface area contributed by atoms with E-state index in [9.17, 15) is 9.59 Å². The average molecular weight is 271 g/mol. The minimum atomic E-state index is -0.961. The van der Waals surface area contributed by atoms with Crippen LogP contribution < -0.4 is 10.6 Å². The summed E-state index contributed by atoms with van der Waals surface area (Å²) < 4.78 is 0.840. The van der Waals surface area contributed by atoms with Gasteiger partial charge in [-0.1, -0.05) is 22.0 Å². The van der Waals surface area contributed by atoms with Gasteiger partial charge in [0.05, 0.1) is 0 Å². The highest BCUT2D eigenvalue weighted by Crippen LogP contribution is 2.23. The lowest BCUT2D eigenvalue weighted by Gasteiger charge is -2.17. The summed E-state index contributed by atoms with van der Waals surface area (Å²) in [4.78, 5) is 23.3. The second-order valence-electron chi connectivity index (χ2n) is 3.16. The number of carbonyl (C=O) groups excluding carboxylic acids is 2. The van der Waals surface area contributed by atoms with Gasteiger partial charge in [-0.3, -0.25) is 9.59 Å². The Labute approximate surface area is 96.2 Å². The molecule has 0 unspecified atom stereocenters. The zero-order valence-electron chi connectivity index (χ0n) is 8.45. The number of halogens is 1. The van der Waals surface area contributed by atoms with E-state index in [1.54, 1.807) is 6.07 Å². The molecule has 1 rings (SSSR count). The number of nitrogens with zero attached hydrogens (tertiary/aromatic N) is 1. The molecular formula is C10H11BrN2O2. The molecule has 0 aromatic heterocycles. The first-order valence-corrected chi connectivity index (χ1v) is 5.06. The van der Waals surface area contributed by atoms with Crippen LogP contribution in [0.2, 0.25) is 0 Å². The third kappa shape index (κ3) is 2.56. The number of rotatable bonds is 1. The molecule has 5 heteroatoms. The van der Waals surface area contributed by atoms with Crippen molar-refractivity contribution in [2.45, 2.75) is 6.92 Å². The number of benzene rings is 1. The number of carbonyl (C=O) groups is 2. The van der Waals surface area contributed by atoms with E-state index in [2.05, 4.69) is 15.9 Å². The van der Waals surface area contributed by atoms with Crippen LogP contribution in [0.4, 0.5) is 5.69 Å². The van der Waals surface area contributed by atoms with Crippen molar-refractivity contribution in [3.63, 3.8) is 0 Å². The predicted molar refractivity (Wildman–Crippen MR) is 61.5 cm³/mol. The lowest BCUT2D eigenvalue weighted by atomic mass is 10.2. The molecule has 0 aliphatic rings. The van der Waals surface area contributed by atoms with Crippen molar-refractivity contribution in [3.8, 4) is 0 Å². The number of hydrogen-bond acceptors (Lipinski definition) is 2. The van der Waals surface area contributed by atoms with Crippen LogP contribution in [0.5, 0.6) is 0 Å². The van der Waals surface area contributed by atoms with Crippen LogP contribution in [0.15, 0.2) is 22.7 Å². The van der Waals surface area contributed by atoms with Crippen LogP contribution in [0, 0.1) is 6.92 Å². The van der Waals surface area contributed by atoms with Crippen LogP contribution in [0.25, 0.3) is 0 Å². The molecule has 0 saturated carbocycles. The summed E-state index contributed by atoms with van der Waals surface area (Å²) in [7, 11) is 1.52. The van der Waals surface area contributed by atoms with Gasteiger partial charge in [0.2, 0.25) is 0 Å². The number of likely N-dealkylation sites (N-methyl/N-ethyl adjacent to an activating group) is 1. The molecule has 80 valence electrons. The second kappa shape index (κ2) is 4.44. The number of amides is 2. The van der Waals surface area contributed by atoms with Crippen molar-refractivity contribution < 1.29 is 9.59 Å². The summed E-state index contributed by atoms with van der Waals surface area (Å²) in [6, 6.07) is 5.47. The van der Waals surface area contributed by atoms with Crippen molar-refractivity contribution in [1.29, 1.82) is 0 Å². The van der Waals surface area contributed by atoms with Crippen molar-refractivity contribution in [3.05, 3.63) is 28.2 Å². The molecule has 0 atom stereocenters. The number of anilines is 1. The highest BCUT2D eigenvalue weighted by Gasteiger charge is 2.17. The molecule has 0 saturated heterocycles. The van der Waals surface area contributed by atoms with Crippen LogP contribution >= 0.6 is 15.9 Å². The predicted octanol–water partition coefficient (Wildman–Crippen LogP) is 1.21. The Morgan fingerprint density at radius 1 is 1.40 bits per heavy atom. The molecule has 0 spiro atoms. The normalized spacial score (nSPS) is 9.80. The van der Waals surface area contributed by atoms with Gasteiger partial charge >= 0.3 is 11.8 Å². The van der Waals surface area contributed by atoms with E-state index in [4.69, 9.17) is 5.73 Å². The topological polar surface area (TPSA) is 63.4 Å². The molecule has 0 aliphatic carbocycles. The summed E-state index contributed by atoms with van der Waals surface area (Å²) in [5, 5.41) is 0. The zero-order chi connectivity index (χ0) is 11.6. The summed E-state index contributed by atoms with van der Waals surface area (Å²) in [6.07, 6.45) is 0. The molecule has 2 amide bonds. The standard InChI is InChI=1S/C10H11BrN2O2/c1-6-3-4-7(11)5-8(6)13(2)10(15)9(12)14/h3-5H,1-2H3,(H2,12,14). The van der Waals surface area contributed by atoms with Crippen molar-refractivity contribution >= 4 is 33.4 Å². The summed E-state index contributed by atoms with van der Waals surface area (Å²) in [5.41, 5.74) is 6.48. The Morgan fingerprint density at radius 3 is 2.53 bits per heavy atom. The maximum Gasteiger partial charge on any atom is 0.315 e. The van der Waals surface area contributed by atoms with Gasteiger partial charge in [0.15, 0.2) is 0 Å². The molecule has 0 fully saturated rings. The third-order valence-corrected chi connectivity index (χ3v) is 2.54. The second-order valence-corrected chi connectivity index (χ2v) is 4.07. The summed E-state index contributed by atoms with van der Waals surface area (Å²) >= 11 is 3.30. The Kier molecular flexibility index (Phi) is 3.47. The maximum atomic E-state index is 11.3. The van der Waals surface area contributed by atoms with Gasteiger partial charge in [0, 0.05) is 17.2 Å². The molecule has 0 heterocycles. The number of nitrogens with two attached hydrogens (primary N) is 1. The monoisotopic (exact) mass is 270 g/mol. The molecule has 2 N–H and O–H groups in total. The largest absolute Gasteiger partial charge is 0.361 e. The molecule has 15 heavy (non-hydrogen) atoms. The smallest absolute Gasteiger partial charge is 0.315 e. The fraction of sp³-hybridized carbons (Fsp3) is 0.200. The third-order valence-electron chi connectivity index (χ3n) is 2.05. The summed E-state index contributed by atoms with van der Waals surface area (Å²) in [6.45, 7) is 1.85. The lowest BCUT2D eigenvalue weighted by molar-refractivity contribution is -0.135. The van der Waals surface area contributed by atoms with Crippen molar-refractivity contribution in [2.75, 3.05) is 11.9 Å². The average Bonchev–Trinajstić information content (AvgIpc) is 2.19. The molecular weight excluding hydrogens is 260 g/mol. The Balaban J connectivity index is 3.10. The summed E-state index contributed by atoms with van der Waals surface area (Å²) in [5.74, 6) is -1.69. The van der Waals surface area contributed by atoms with Gasteiger partial charge in [-0.15, -0.1) is 0 Å². The zero-order valence-corrected chi connectivity index (χ0v) is 10.0. The molecule has 1 aromatic carbocycles. The van der Waals surface area contributed by atoms with E-state index in [1.807, 2.05) is 19.1 Å². The van der Waals surface area contributed by atoms with Gasteiger partial charge in [0.25, 0.3) is 0 Å². The van der Waals surface area contributed by atoms with Gasteiger partial charge in [-0.25, -0.2) is 0 Å². The van der Waals surface area contributed by atoms with Gasteiger partial charge in [-0.05, 0) is 24.6 Å². The number of aryl methyl sites for hydroxylation is 1. The van der Waals surface area contributed by atoms with Gasteiger partial charge < -0.3 is 10.6 Å². The minimum Gasteiger partial charge on any atom is -0.361 e. The van der Waals surface area contributed by atoms with E-state index in [0.717, 1.165) is 10.0 Å². The number of primary amides is 1. The fourth-order valence-electron chi connectivity index (χ4n) is 1.22. The Hall–Kier alpha value is -1.36. The van der Waals surface area contributed by atoms with E-state index in [0.29, 0.717) is 5.69 Å². The molecule has 0 aliphatic heterocycles. The Bertz CT molecular complexity index is 418. The first kappa shape index (κ1) is 11.7. The van der Waals surface area contributed by atoms with Crippen LogP contribution in [-0.2, 0) is 9.59 Å². The fourth-order valence-corrected chi connectivity index (χ4v) is 1.57. The van der Waals surface area contributed by atoms with Crippen LogP contribution in [-0.4, -0.2) is 18.9 Å². The first-order chi connectivity index (χ1) is 6.93. The van der Waals surface area contributed by atoms with Crippen LogP contribution in [0.1, 0.15) is 5.56 Å². The lowest BCUT2D eigenvalue weighted by Crippen LogP contribution is -2.38. The Morgan fingerprint density at radius 2 is 2.00 bits per heavy atom. The first-order valence-electron chi connectivity index (χ1n) is 4.27. The number of hydrogen-bond donors (Lipinski definition) is 1. The molecule has 1 aromatic rings. The molecule has 0 radical (unpaired) electrons. The SMILES string of the molecule is Cc1ccc(Br)cc1N(C)C(=O)C(N)=O.